The van der Waals surface area contributed by atoms with Gasteiger partial charge in [0.05, 0.1) is 16.5 Å². The molecular weight excluding hydrogens is 470 g/mol. The summed E-state index contributed by atoms with van der Waals surface area (Å²) < 4.78 is 1.37. The highest BCUT2D eigenvalue weighted by atomic mass is 32.2. The molecule has 5 rings (SSSR count). The number of H-pyrrole nitrogens is 1. The van der Waals surface area contributed by atoms with Crippen molar-refractivity contribution >= 4 is 23.5 Å². The molecule has 0 fully saturated rings. The van der Waals surface area contributed by atoms with Crippen LogP contribution in [0.5, 0.6) is 0 Å². The number of nitriles is 1. The van der Waals surface area contributed by atoms with Crippen LogP contribution >= 0.6 is 11.8 Å². The van der Waals surface area contributed by atoms with Crippen LogP contribution in [-0.4, -0.2) is 25.9 Å². The summed E-state index contributed by atoms with van der Waals surface area (Å²) in [5.74, 6) is 0.446. The van der Waals surface area contributed by atoms with E-state index < -0.39 is 5.25 Å². The van der Waals surface area contributed by atoms with E-state index in [4.69, 9.17) is 4.98 Å². The van der Waals surface area contributed by atoms with Gasteiger partial charge in [0.15, 0.2) is 0 Å². The number of thioether (sulfide) groups is 1. The maximum Gasteiger partial charge on any atom is 0.273 e. The zero-order valence-corrected chi connectivity index (χ0v) is 20.6. The fourth-order valence-corrected chi connectivity index (χ4v) is 5.40. The number of nitrogens with one attached hydrogen (secondary N) is 2. The van der Waals surface area contributed by atoms with Crippen molar-refractivity contribution in [3.63, 3.8) is 0 Å². The van der Waals surface area contributed by atoms with Crippen LogP contribution < -0.4 is 10.9 Å². The lowest BCUT2D eigenvalue weighted by molar-refractivity contribution is -0.115. The Bertz CT molecular complexity index is 1490. The van der Waals surface area contributed by atoms with Gasteiger partial charge in [0.2, 0.25) is 5.91 Å². The number of aromatic amines is 1. The normalized spacial score (nSPS) is 15.5. The highest BCUT2D eigenvalue weighted by molar-refractivity contribution is 8.00. The van der Waals surface area contributed by atoms with Crippen molar-refractivity contribution in [2.24, 2.45) is 0 Å². The molecule has 8 heteroatoms. The largest absolute Gasteiger partial charge is 0.310 e. The van der Waals surface area contributed by atoms with E-state index in [-0.39, 0.29) is 11.5 Å². The number of benzene rings is 2. The molecule has 4 aromatic rings. The minimum absolute atomic E-state index is 0.270. The molecule has 2 unspecified atom stereocenters. The van der Waals surface area contributed by atoms with Gasteiger partial charge in [0.1, 0.15) is 16.9 Å². The Labute approximate surface area is 213 Å². The molecular formula is C28H25N5O2S. The van der Waals surface area contributed by atoms with Crippen molar-refractivity contribution in [3.05, 3.63) is 106 Å². The van der Waals surface area contributed by atoms with Gasteiger partial charge in [-0.15, -0.1) is 0 Å². The van der Waals surface area contributed by atoms with Gasteiger partial charge in [0, 0.05) is 11.8 Å². The lowest BCUT2D eigenvalue weighted by Gasteiger charge is -2.25. The molecule has 1 aliphatic carbocycles. The monoisotopic (exact) mass is 495 g/mol. The van der Waals surface area contributed by atoms with Gasteiger partial charge >= 0.3 is 0 Å². The van der Waals surface area contributed by atoms with Crippen molar-refractivity contribution in [3.8, 4) is 11.8 Å². The predicted octanol–water partition coefficient (Wildman–Crippen LogP) is 4.82. The maximum absolute atomic E-state index is 12.9. The first-order chi connectivity index (χ1) is 17.5. The predicted molar refractivity (Wildman–Crippen MR) is 140 cm³/mol. The van der Waals surface area contributed by atoms with Crippen molar-refractivity contribution < 1.29 is 4.79 Å². The van der Waals surface area contributed by atoms with Crippen LogP contribution in [0.2, 0.25) is 0 Å². The number of hydrogen-bond acceptors (Lipinski definition) is 5. The fourth-order valence-electron chi connectivity index (χ4n) is 4.51. The van der Waals surface area contributed by atoms with E-state index in [1.165, 1.54) is 28.1 Å². The van der Waals surface area contributed by atoms with E-state index in [9.17, 15) is 14.9 Å². The molecule has 180 valence electrons. The van der Waals surface area contributed by atoms with Gasteiger partial charge in [-0.2, -0.15) is 5.26 Å². The van der Waals surface area contributed by atoms with Gasteiger partial charge in [0.25, 0.3) is 5.56 Å². The number of anilines is 1. The van der Waals surface area contributed by atoms with E-state index in [0.717, 1.165) is 30.5 Å². The first-order valence-electron chi connectivity index (χ1n) is 11.8. The second-order valence-electron chi connectivity index (χ2n) is 8.84. The smallest absolute Gasteiger partial charge is 0.273 e. The van der Waals surface area contributed by atoms with E-state index >= 15 is 0 Å². The highest BCUT2D eigenvalue weighted by Crippen LogP contribution is 2.35. The molecule has 2 aromatic carbocycles. The van der Waals surface area contributed by atoms with Crippen molar-refractivity contribution in [2.45, 2.75) is 42.4 Å². The van der Waals surface area contributed by atoms with Crippen LogP contribution in [-0.2, 0) is 17.6 Å². The summed E-state index contributed by atoms with van der Waals surface area (Å²) in [6.45, 7) is 1.76. The molecule has 0 aliphatic heterocycles. The minimum atomic E-state index is -0.521. The van der Waals surface area contributed by atoms with Crippen LogP contribution in [0.1, 0.15) is 41.6 Å². The molecule has 0 spiro atoms. The van der Waals surface area contributed by atoms with Crippen molar-refractivity contribution in [2.75, 3.05) is 5.32 Å². The number of carbonyl (C=O) groups is 1. The second kappa shape index (κ2) is 10.3. The molecule has 1 aliphatic rings. The average molecular weight is 496 g/mol. The summed E-state index contributed by atoms with van der Waals surface area (Å²) in [5.41, 5.74) is 4.30. The quantitative estimate of drug-likeness (QED) is 0.373. The molecule has 2 atom stereocenters. The Hall–Kier alpha value is -4.09. The molecule has 0 radical (unpaired) electrons. The minimum Gasteiger partial charge on any atom is -0.310 e. The Morgan fingerprint density at radius 1 is 1.17 bits per heavy atom. The number of amides is 1. The summed E-state index contributed by atoms with van der Waals surface area (Å²) in [5, 5.41) is 15.5. The second-order valence-corrected chi connectivity index (χ2v) is 10.2. The van der Waals surface area contributed by atoms with Gasteiger partial charge in [-0.05, 0) is 61.4 Å². The van der Waals surface area contributed by atoms with Crippen LogP contribution in [0.25, 0.3) is 5.69 Å². The van der Waals surface area contributed by atoms with E-state index in [1.54, 1.807) is 19.1 Å². The summed E-state index contributed by atoms with van der Waals surface area (Å²) in [4.78, 5) is 30.0. The van der Waals surface area contributed by atoms with Crippen LogP contribution in [0, 0.1) is 11.3 Å². The molecule has 2 aromatic heterocycles. The summed E-state index contributed by atoms with van der Waals surface area (Å²) in [6.07, 6.45) is 2.69. The van der Waals surface area contributed by atoms with Gasteiger partial charge in [-0.1, -0.05) is 60.3 Å². The molecule has 0 bridgehead atoms. The number of rotatable bonds is 6. The number of para-hydroxylation sites is 1. The Kier molecular flexibility index (Phi) is 6.74. The van der Waals surface area contributed by atoms with Gasteiger partial charge in [-0.3, -0.25) is 14.7 Å². The third kappa shape index (κ3) is 4.97. The highest BCUT2D eigenvalue weighted by Gasteiger charge is 2.25. The van der Waals surface area contributed by atoms with Gasteiger partial charge < -0.3 is 5.32 Å². The van der Waals surface area contributed by atoms with E-state index in [1.807, 2.05) is 30.3 Å². The molecule has 2 heterocycles. The van der Waals surface area contributed by atoms with Crippen LogP contribution in [0.4, 0.5) is 5.82 Å². The standard InChI is InChI=1S/C28H25N5O2S/c1-18(27(35)31-25-16-26(34)33(32-25)23-10-6-3-7-11-23)36-28-22(17-29)15-21-14-20(12-13-24(21)30-28)19-8-4-2-5-9-19/h2-11,15-16,18,20,32H,12-14H2,1H3,(H,31,35). The Morgan fingerprint density at radius 3 is 2.61 bits per heavy atom. The molecule has 0 saturated heterocycles. The van der Waals surface area contributed by atoms with E-state index in [0.29, 0.717) is 28.0 Å². The number of fused-ring (bicyclic) bond motifs is 1. The maximum atomic E-state index is 12.9. The zero-order chi connectivity index (χ0) is 25.1. The fraction of sp³-hybridized carbons (Fsp3) is 0.214. The first-order valence-corrected chi connectivity index (χ1v) is 12.7. The summed E-state index contributed by atoms with van der Waals surface area (Å²) in [7, 11) is 0. The van der Waals surface area contributed by atoms with Crippen molar-refractivity contribution in [1.82, 2.24) is 14.8 Å². The Balaban J connectivity index is 1.29. The summed E-state index contributed by atoms with van der Waals surface area (Å²) >= 11 is 1.26. The molecule has 0 saturated carbocycles. The zero-order valence-electron chi connectivity index (χ0n) is 19.8. The Morgan fingerprint density at radius 2 is 1.89 bits per heavy atom. The number of aromatic nitrogens is 3. The van der Waals surface area contributed by atoms with Crippen LogP contribution in [0.15, 0.2) is 82.6 Å². The lowest BCUT2D eigenvalue weighted by Crippen LogP contribution is -2.23. The number of aryl methyl sites for hydroxylation is 1. The first kappa shape index (κ1) is 23.6. The third-order valence-electron chi connectivity index (χ3n) is 6.39. The summed E-state index contributed by atoms with van der Waals surface area (Å²) in [6, 6.07) is 25.1. The topological polar surface area (TPSA) is 104 Å². The molecule has 2 N–H and O–H groups in total. The van der Waals surface area contributed by atoms with Crippen LogP contribution in [0.3, 0.4) is 0 Å². The third-order valence-corrected chi connectivity index (χ3v) is 7.50. The molecule has 7 nitrogen and oxygen atoms in total. The number of nitrogens with zero attached hydrogens (tertiary/aromatic N) is 3. The molecule has 36 heavy (non-hydrogen) atoms. The van der Waals surface area contributed by atoms with Gasteiger partial charge in [-0.25, -0.2) is 9.67 Å². The molecule has 1 amide bonds. The number of carbonyl (C=O) groups excluding carboxylic acids is 1. The van der Waals surface area contributed by atoms with E-state index in [2.05, 4.69) is 40.8 Å². The average Bonchev–Trinajstić information content (AvgIpc) is 3.28. The SMILES string of the molecule is CC(Sc1nc2c(cc1C#N)CC(c1ccccc1)CC2)C(=O)Nc1cc(=O)n(-c2ccccc2)[nH]1. The van der Waals surface area contributed by atoms with Crippen molar-refractivity contribution in [1.29, 1.82) is 5.26 Å². The number of hydrogen-bond donors (Lipinski definition) is 2. The number of pyridine rings is 1. The lowest BCUT2D eigenvalue weighted by atomic mass is 9.82.